The number of amides is 1. The van der Waals surface area contributed by atoms with Crippen LogP contribution in [0.1, 0.15) is 21.7 Å². The molecule has 3 rings (SSSR count). The van der Waals surface area contributed by atoms with Crippen LogP contribution in [0.15, 0.2) is 41.1 Å². The second-order valence-electron chi connectivity index (χ2n) is 4.41. The Morgan fingerprint density at radius 3 is 2.84 bits per heavy atom. The van der Waals surface area contributed by atoms with Crippen molar-refractivity contribution in [3.05, 3.63) is 58.1 Å². The second kappa shape index (κ2) is 5.09. The molecule has 2 aromatic heterocycles. The Balaban J connectivity index is 1.73. The lowest BCUT2D eigenvalue weighted by molar-refractivity contribution is 0.0779. The number of fused-ring (bicyclic) bond motifs is 1. The summed E-state index contributed by atoms with van der Waals surface area (Å²) in [6, 6.07) is 7.63. The molecule has 0 saturated carbocycles. The summed E-state index contributed by atoms with van der Waals surface area (Å²) < 4.78 is 0.822. The zero-order valence-corrected chi connectivity index (χ0v) is 11.8. The van der Waals surface area contributed by atoms with Crippen LogP contribution in [0.25, 0.3) is 0 Å². The lowest BCUT2D eigenvalue weighted by Crippen LogP contribution is -2.26. The molecule has 2 aromatic rings. The molecule has 0 bridgehead atoms. The molecule has 0 atom stereocenters. The number of aromatic nitrogens is 2. The van der Waals surface area contributed by atoms with Gasteiger partial charge in [-0.05, 0) is 34.1 Å². The molecule has 0 N–H and O–H groups in total. The quantitative estimate of drug-likeness (QED) is 0.873. The molecule has 0 aromatic carbocycles. The molecule has 0 saturated heterocycles. The minimum Gasteiger partial charge on any atom is -0.332 e. The second-order valence-corrected chi connectivity index (χ2v) is 5.27. The van der Waals surface area contributed by atoms with Gasteiger partial charge in [0.25, 0.3) is 5.91 Å². The number of rotatable bonds is 3. The summed E-state index contributed by atoms with van der Waals surface area (Å²) in [5, 5.41) is 0. The predicted octanol–water partition coefficient (Wildman–Crippen LogP) is 2.44. The molecule has 96 valence electrons. The van der Waals surface area contributed by atoms with E-state index >= 15 is 0 Å². The SMILES string of the molecule is O=C1c2c(Br)ccnc2CN1CCc1ccccn1. The summed E-state index contributed by atoms with van der Waals surface area (Å²) in [7, 11) is 0. The first-order chi connectivity index (χ1) is 9.25. The average molecular weight is 318 g/mol. The molecule has 5 heteroatoms. The van der Waals surface area contributed by atoms with Gasteiger partial charge in [-0.1, -0.05) is 6.07 Å². The Bertz CT molecular complexity index is 615. The topological polar surface area (TPSA) is 46.1 Å². The largest absolute Gasteiger partial charge is 0.332 e. The van der Waals surface area contributed by atoms with Crippen LogP contribution in [-0.4, -0.2) is 27.3 Å². The fourth-order valence-electron chi connectivity index (χ4n) is 2.21. The minimum atomic E-state index is 0.0471. The van der Waals surface area contributed by atoms with Gasteiger partial charge >= 0.3 is 0 Å². The zero-order chi connectivity index (χ0) is 13.2. The van der Waals surface area contributed by atoms with Crippen LogP contribution < -0.4 is 0 Å². The molecule has 1 aliphatic rings. The van der Waals surface area contributed by atoms with E-state index in [9.17, 15) is 4.79 Å². The Morgan fingerprint density at radius 1 is 1.21 bits per heavy atom. The van der Waals surface area contributed by atoms with Gasteiger partial charge in [0.1, 0.15) is 0 Å². The van der Waals surface area contributed by atoms with Gasteiger partial charge in [0, 0.05) is 35.5 Å². The number of carbonyl (C=O) groups is 1. The van der Waals surface area contributed by atoms with E-state index in [4.69, 9.17) is 0 Å². The highest BCUT2D eigenvalue weighted by Gasteiger charge is 2.30. The molecule has 1 amide bonds. The summed E-state index contributed by atoms with van der Waals surface area (Å²) >= 11 is 3.41. The van der Waals surface area contributed by atoms with Crippen molar-refractivity contribution in [3.8, 4) is 0 Å². The third-order valence-corrected chi connectivity index (χ3v) is 3.85. The third-order valence-electron chi connectivity index (χ3n) is 3.18. The van der Waals surface area contributed by atoms with Gasteiger partial charge in [-0.25, -0.2) is 0 Å². The van der Waals surface area contributed by atoms with Crippen molar-refractivity contribution >= 4 is 21.8 Å². The van der Waals surface area contributed by atoms with Crippen molar-refractivity contribution in [1.29, 1.82) is 0 Å². The number of hydrogen-bond acceptors (Lipinski definition) is 3. The van der Waals surface area contributed by atoms with Crippen molar-refractivity contribution in [2.75, 3.05) is 6.54 Å². The van der Waals surface area contributed by atoms with E-state index in [1.807, 2.05) is 23.1 Å². The maximum Gasteiger partial charge on any atom is 0.257 e. The average Bonchev–Trinajstić information content (AvgIpc) is 2.76. The third kappa shape index (κ3) is 2.38. The number of hydrogen-bond donors (Lipinski definition) is 0. The maximum absolute atomic E-state index is 12.3. The van der Waals surface area contributed by atoms with E-state index in [-0.39, 0.29) is 5.91 Å². The number of pyridine rings is 2. The highest BCUT2D eigenvalue weighted by Crippen LogP contribution is 2.27. The van der Waals surface area contributed by atoms with Crippen LogP contribution in [0.2, 0.25) is 0 Å². The van der Waals surface area contributed by atoms with E-state index in [1.54, 1.807) is 18.5 Å². The first-order valence-corrected chi connectivity index (χ1v) is 6.87. The lowest BCUT2D eigenvalue weighted by atomic mass is 10.2. The molecule has 0 unspecified atom stereocenters. The summed E-state index contributed by atoms with van der Waals surface area (Å²) in [6.07, 6.45) is 4.25. The van der Waals surface area contributed by atoms with Crippen LogP contribution in [0, 0.1) is 0 Å². The highest BCUT2D eigenvalue weighted by atomic mass is 79.9. The monoisotopic (exact) mass is 317 g/mol. The summed E-state index contributed by atoms with van der Waals surface area (Å²) in [4.78, 5) is 22.6. The summed E-state index contributed by atoms with van der Waals surface area (Å²) in [5.41, 5.74) is 2.54. The number of carbonyl (C=O) groups excluding carboxylic acids is 1. The van der Waals surface area contributed by atoms with E-state index in [0.717, 1.165) is 22.3 Å². The van der Waals surface area contributed by atoms with Crippen molar-refractivity contribution in [2.45, 2.75) is 13.0 Å². The van der Waals surface area contributed by atoms with Gasteiger partial charge in [0.15, 0.2) is 0 Å². The molecule has 0 spiro atoms. The molecule has 0 radical (unpaired) electrons. The van der Waals surface area contributed by atoms with Crippen LogP contribution in [-0.2, 0) is 13.0 Å². The number of halogens is 1. The predicted molar refractivity (Wildman–Crippen MR) is 74.6 cm³/mol. The van der Waals surface area contributed by atoms with E-state index in [0.29, 0.717) is 18.7 Å². The van der Waals surface area contributed by atoms with E-state index < -0.39 is 0 Å². The molecule has 3 heterocycles. The van der Waals surface area contributed by atoms with Crippen LogP contribution in [0.3, 0.4) is 0 Å². The van der Waals surface area contributed by atoms with Crippen molar-refractivity contribution in [2.24, 2.45) is 0 Å². The van der Waals surface area contributed by atoms with Gasteiger partial charge in [0.05, 0.1) is 17.8 Å². The smallest absolute Gasteiger partial charge is 0.257 e. The first kappa shape index (κ1) is 12.3. The molecular formula is C14H12BrN3O. The molecular weight excluding hydrogens is 306 g/mol. The normalized spacial score (nSPS) is 13.7. The Kier molecular flexibility index (Phi) is 3.29. The Labute approximate surface area is 119 Å². The maximum atomic E-state index is 12.3. The van der Waals surface area contributed by atoms with E-state index in [2.05, 4.69) is 25.9 Å². The Morgan fingerprint density at radius 2 is 2.11 bits per heavy atom. The zero-order valence-electron chi connectivity index (χ0n) is 10.2. The molecule has 19 heavy (non-hydrogen) atoms. The fraction of sp³-hybridized carbons (Fsp3) is 0.214. The first-order valence-electron chi connectivity index (χ1n) is 6.08. The van der Waals surface area contributed by atoms with Crippen molar-refractivity contribution in [3.63, 3.8) is 0 Å². The van der Waals surface area contributed by atoms with Crippen LogP contribution >= 0.6 is 15.9 Å². The summed E-state index contributed by atoms with van der Waals surface area (Å²) in [6.45, 7) is 1.25. The standard InChI is InChI=1S/C14H12BrN3O/c15-11-4-7-17-12-9-18(14(19)13(11)12)8-5-10-3-1-2-6-16-10/h1-4,6-7H,5,8-9H2. The molecule has 1 aliphatic heterocycles. The lowest BCUT2D eigenvalue weighted by Gasteiger charge is -2.14. The molecule has 4 nitrogen and oxygen atoms in total. The van der Waals surface area contributed by atoms with Crippen LogP contribution in [0.5, 0.6) is 0 Å². The van der Waals surface area contributed by atoms with Gasteiger partial charge in [-0.2, -0.15) is 0 Å². The number of nitrogens with zero attached hydrogens (tertiary/aromatic N) is 3. The minimum absolute atomic E-state index is 0.0471. The van der Waals surface area contributed by atoms with Gasteiger partial charge in [0.2, 0.25) is 0 Å². The van der Waals surface area contributed by atoms with Crippen LogP contribution in [0.4, 0.5) is 0 Å². The van der Waals surface area contributed by atoms with Crippen molar-refractivity contribution < 1.29 is 4.79 Å². The van der Waals surface area contributed by atoms with Gasteiger partial charge in [-0.3, -0.25) is 14.8 Å². The fourth-order valence-corrected chi connectivity index (χ4v) is 2.73. The molecule has 0 fully saturated rings. The van der Waals surface area contributed by atoms with E-state index in [1.165, 1.54) is 0 Å². The molecule has 0 aliphatic carbocycles. The Hall–Kier alpha value is -1.75. The van der Waals surface area contributed by atoms with Crippen molar-refractivity contribution in [1.82, 2.24) is 14.9 Å². The van der Waals surface area contributed by atoms with Gasteiger partial charge in [-0.15, -0.1) is 0 Å². The highest BCUT2D eigenvalue weighted by molar-refractivity contribution is 9.10. The van der Waals surface area contributed by atoms with Gasteiger partial charge < -0.3 is 4.90 Å². The summed E-state index contributed by atoms with van der Waals surface area (Å²) in [5.74, 6) is 0.0471.